The molecule has 1 fully saturated rings. The number of carbonyl (C=O) groups is 2. The maximum absolute atomic E-state index is 11.3. The third-order valence-electron chi connectivity index (χ3n) is 3.90. The summed E-state index contributed by atoms with van der Waals surface area (Å²) in [6, 6.07) is 4.30. The van der Waals surface area contributed by atoms with Crippen LogP contribution in [0.5, 0.6) is 0 Å². The molecule has 1 aliphatic rings. The third-order valence-corrected chi connectivity index (χ3v) is 3.90. The van der Waals surface area contributed by atoms with Crippen LogP contribution >= 0.6 is 0 Å². The number of hydrogen-bond donors (Lipinski definition) is 1. The number of carbonyl (C=O) groups excluding carboxylic acids is 2. The van der Waals surface area contributed by atoms with Crippen molar-refractivity contribution in [1.29, 1.82) is 0 Å². The molecule has 0 unspecified atom stereocenters. The number of nitro groups is 1. The van der Waals surface area contributed by atoms with Gasteiger partial charge >= 0.3 is 0 Å². The summed E-state index contributed by atoms with van der Waals surface area (Å²) in [6.45, 7) is 0. The van der Waals surface area contributed by atoms with Crippen LogP contribution in [0.1, 0.15) is 36.0 Å². The van der Waals surface area contributed by atoms with Gasteiger partial charge in [-0.05, 0) is 25.0 Å². The van der Waals surface area contributed by atoms with E-state index >= 15 is 0 Å². The molecule has 7 heteroatoms. The number of Topliss-reactive ketones (excluding diaryl/α,β-unsaturated/α-hetero) is 1. The average molecular weight is 291 g/mol. The quantitative estimate of drug-likeness (QED) is 0.670. The molecule has 0 saturated heterocycles. The molecule has 0 bridgehead atoms. The van der Waals surface area contributed by atoms with Crippen LogP contribution in [0.4, 0.5) is 11.4 Å². The summed E-state index contributed by atoms with van der Waals surface area (Å²) in [5.41, 5.74) is 5.55. The monoisotopic (exact) mass is 291 g/mol. The maximum atomic E-state index is 11.3. The van der Waals surface area contributed by atoms with Crippen molar-refractivity contribution >= 4 is 23.1 Å². The van der Waals surface area contributed by atoms with Crippen LogP contribution in [-0.2, 0) is 4.79 Å². The molecule has 0 spiro atoms. The fourth-order valence-electron chi connectivity index (χ4n) is 2.63. The van der Waals surface area contributed by atoms with Crippen LogP contribution < -0.4 is 10.6 Å². The number of anilines is 1. The van der Waals surface area contributed by atoms with Crippen molar-refractivity contribution in [2.75, 3.05) is 11.9 Å². The van der Waals surface area contributed by atoms with E-state index in [0.29, 0.717) is 31.4 Å². The number of ketones is 1. The van der Waals surface area contributed by atoms with E-state index in [4.69, 9.17) is 5.73 Å². The molecule has 1 amide bonds. The summed E-state index contributed by atoms with van der Waals surface area (Å²) in [6.07, 6.45) is 2.37. The molecule has 0 heterocycles. The van der Waals surface area contributed by atoms with E-state index < -0.39 is 10.8 Å². The highest BCUT2D eigenvalue weighted by atomic mass is 16.6. The second-order valence-electron chi connectivity index (χ2n) is 5.21. The van der Waals surface area contributed by atoms with Crippen molar-refractivity contribution in [2.24, 2.45) is 5.73 Å². The van der Waals surface area contributed by atoms with Gasteiger partial charge in [-0.3, -0.25) is 19.7 Å². The van der Waals surface area contributed by atoms with Crippen LogP contribution in [0, 0.1) is 10.1 Å². The number of amides is 1. The first-order chi connectivity index (χ1) is 9.90. The Kier molecular flexibility index (Phi) is 4.21. The van der Waals surface area contributed by atoms with Crippen molar-refractivity contribution in [3.05, 3.63) is 33.9 Å². The first kappa shape index (κ1) is 15.0. The Morgan fingerprint density at radius 3 is 2.52 bits per heavy atom. The van der Waals surface area contributed by atoms with E-state index in [1.165, 1.54) is 18.2 Å². The first-order valence-electron chi connectivity index (χ1n) is 6.73. The van der Waals surface area contributed by atoms with Crippen LogP contribution in [0.15, 0.2) is 18.2 Å². The molecule has 2 N–H and O–H groups in total. The van der Waals surface area contributed by atoms with Crippen molar-refractivity contribution in [3.63, 3.8) is 0 Å². The molecular formula is C14H17N3O4. The molecule has 1 saturated carbocycles. The summed E-state index contributed by atoms with van der Waals surface area (Å²) in [7, 11) is 1.77. The second kappa shape index (κ2) is 5.90. The highest BCUT2D eigenvalue weighted by Gasteiger charge is 2.27. The lowest BCUT2D eigenvalue weighted by Gasteiger charge is -2.32. The Morgan fingerprint density at radius 2 is 2.00 bits per heavy atom. The Bertz CT molecular complexity index is 590. The number of primary amides is 1. The molecule has 2 rings (SSSR count). The Labute approximate surface area is 121 Å². The molecule has 0 radical (unpaired) electrons. The van der Waals surface area contributed by atoms with Crippen LogP contribution in [0.25, 0.3) is 0 Å². The van der Waals surface area contributed by atoms with Gasteiger partial charge in [-0.1, -0.05) is 0 Å². The number of nitro benzene ring substituents is 1. The van der Waals surface area contributed by atoms with E-state index in [-0.39, 0.29) is 23.1 Å². The lowest BCUT2D eigenvalue weighted by atomic mass is 9.93. The summed E-state index contributed by atoms with van der Waals surface area (Å²) < 4.78 is 0. The van der Waals surface area contributed by atoms with Gasteiger partial charge in [-0.2, -0.15) is 0 Å². The number of nitrogens with two attached hydrogens (primary N) is 1. The lowest BCUT2D eigenvalue weighted by Crippen LogP contribution is -2.35. The normalized spacial score (nSPS) is 15.8. The minimum atomic E-state index is -0.699. The minimum absolute atomic E-state index is 0.0841. The molecule has 1 aliphatic carbocycles. The zero-order valence-corrected chi connectivity index (χ0v) is 11.7. The number of nitrogens with zero attached hydrogens (tertiary/aromatic N) is 2. The third kappa shape index (κ3) is 3.18. The lowest BCUT2D eigenvalue weighted by molar-refractivity contribution is -0.384. The van der Waals surface area contributed by atoms with Crippen molar-refractivity contribution in [3.8, 4) is 0 Å². The van der Waals surface area contributed by atoms with Crippen molar-refractivity contribution in [1.82, 2.24) is 0 Å². The van der Waals surface area contributed by atoms with E-state index in [1.807, 2.05) is 4.90 Å². The molecule has 21 heavy (non-hydrogen) atoms. The standard InChI is InChI=1S/C14H17N3O4/c1-16(10-3-5-11(18)6-4-10)12-7-2-9(14(15)19)8-13(12)17(20)21/h2,7-8,10H,3-6H2,1H3,(H2,15,19). The van der Waals surface area contributed by atoms with Crippen molar-refractivity contribution in [2.45, 2.75) is 31.7 Å². The highest BCUT2D eigenvalue weighted by molar-refractivity contribution is 5.94. The van der Waals surface area contributed by atoms with E-state index in [0.717, 1.165) is 0 Å². The highest BCUT2D eigenvalue weighted by Crippen LogP contribution is 2.32. The van der Waals surface area contributed by atoms with Crippen LogP contribution in [0.2, 0.25) is 0 Å². The average Bonchev–Trinajstić information content (AvgIpc) is 2.46. The maximum Gasteiger partial charge on any atom is 0.293 e. The molecule has 1 aromatic carbocycles. The fraction of sp³-hybridized carbons (Fsp3) is 0.429. The molecule has 1 aromatic rings. The van der Waals surface area contributed by atoms with Gasteiger partial charge in [0, 0.05) is 37.6 Å². The fourth-order valence-corrected chi connectivity index (χ4v) is 2.63. The van der Waals surface area contributed by atoms with Gasteiger partial charge in [0.25, 0.3) is 5.69 Å². The Hall–Kier alpha value is -2.44. The smallest absolute Gasteiger partial charge is 0.293 e. The molecule has 0 aliphatic heterocycles. The largest absolute Gasteiger partial charge is 0.366 e. The minimum Gasteiger partial charge on any atom is -0.366 e. The van der Waals surface area contributed by atoms with Crippen molar-refractivity contribution < 1.29 is 14.5 Å². The van der Waals surface area contributed by atoms with Gasteiger partial charge in [-0.15, -0.1) is 0 Å². The predicted molar refractivity (Wildman–Crippen MR) is 77.3 cm³/mol. The summed E-state index contributed by atoms with van der Waals surface area (Å²) >= 11 is 0. The second-order valence-corrected chi connectivity index (χ2v) is 5.21. The van der Waals surface area contributed by atoms with E-state index in [2.05, 4.69) is 0 Å². The molecule has 7 nitrogen and oxygen atoms in total. The summed E-state index contributed by atoms with van der Waals surface area (Å²) in [5, 5.41) is 11.2. The van der Waals surface area contributed by atoms with Crippen LogP contribution in [-0.4, -0.2) is 29.7 Å². The SMILES string of the molecule is CN(c1ccc(C(N)=O)cc1[N+](=O)[O-])C1CCC(=O)CC1. The molecule has 0 atom stereocenters. The van der Waals surface area contributed by atoms with Gasteiger partial charge in [0.15, 0.2) is 0 Å². The zero-order valence-electron chi connectivity index (χ0n) is 11.7. The van der Waals surface area contributed by atoms with Gasteiger partial charge in [-0.25, -0.2) is 0 Å². The topological polar surface area (TPSA) is 107 Å². The van der Waals surface area contributed by atoms with Gasteiger partial charge in [0.1, 0.15) is 11.5 Å². The van der Waals surface area contributed by atoms with E-state index in [9.17, 15) is 19.7 Å². The van der Waals surface area contributed by atoms with E-state index in [1.54, 1.807) is 7.05 Å². The first-order valence-corrected chi connectivity index (χ1v) is 6.73. The zero-order chi connectivity index (χ0) is 15.6. The predicted octanol–water partition coefficient (Wildman–Crippen LogP) is 1.64. The number of rotatable bonds is 4. The molecular weight excluding hydrogens is 274 g/mol. The summed E-state index contributed by atoms with van der Waals surface area (Å²) in [5.74, 6) is -0.464. The Balaban J connectivity index is 2.31. The number of hydrogen-bond acceptors (Lipinski definition) is 5. The van der Waals surface area contributed by atoms with Gasteiger partial charge in [0.2, 0.25) is 5.91 Å². The molecule has 0 aromatic heterocycles. The Morgan fingerprint density at radius 1 is 1.38 bits per heavy atom. The summed E-state index contributed by atoms with van der Waals surface area (Å²) in [4.78, 5) is 34.9. The molecule has 112 valence electrons. The van der Waals surface area contributed by atoms with Gasteiger partial charge in [0.05, 0.1) is 4.92 Å². The van der Waals surface area contributed by atoms with Crippen LogP contribution in [0.3, 0.4) is 0 Å². The number of benzene rings is 1. The van der Waals surface area contributed by atoms with Gasteiger partial charge < -0.3 is 10.6 Å².